The lowest BCUT2D eigenvalue weighted by Gasteiger charge is -2.18. The van der Waals surface area contributed by atoms with Crippen LogP contribution < -0.4 is 26.4 Å². The predicted molar refractivity (Wildman–Crippen MR) is 141 cm³/mol. The highest BCUT2D eigenvalue weighted by molar-refractivity contribution is 7.71. The fraction of sp³-hybridized carbons (Fsp3) is 0.120. The summed E-state index contributed by atoms with van der Waals surface area (Å²) in [5.41, 5.74) is 6.34. The monoisotopic (exact) mass is 577 g/mol. The highest BCUT2D eigenvalue weighted by Gasteiger charge is 2.25. The second-order valence-electron chi connectivity index (χ2n) is 8.70. The average molecular weight is 578 g/mol. The van der Waals surface area contributed by atoms with Crippen LogP contribution in [-0.4, -0.2) is 55.9 Å². The third-order valence-corrected chi connectivity index (χ3v) is 6.23. The largest absolute Gasteiger partial charge is 0.482 e. The number of aromatic carboxylic acids is 1. The minimum atomic E-state index is -1.34. The Labute approximate surface area is 234 Å². The van der Waals surface area contributed by atoms with Crippen molar-refractivity contribution >= 4 is 53.3 Å². The number of rotatable bonds is 8. The minimum absolute atomic E-state index is 0.0256. The molecule has 1 atom stereocenters. The maximum atomic E-state index is 13.2. The number of nitrogens with one attached hydrogen (secondary N) is 3. The first kappa shape index (κ1) is 26.9. The smallest absolute Gasteiger partial charge is 0.335 e. The summed E-state index contributed by atoms with van der Waals surface area (Å²) in [5.74, 6) is -3.64. The predicted octanol–water partition coefficient (Wildman–Crippen LogP) is 0.967. The van der Waals surface area contributed by atoms with Crippen molar-refractivity contribution in [3.05, 3.63) is 81.4 Å². The van der Waals surface area contributed by atoms with E-state index in [9.17, 15) is 24.0 Å². The Morgan fingerprint density at radius 1 is 1.12 bits per heavy atom. The summed E-state index contributed by atoms with van der Waals surface area (Å²) in [5, 5.41) is 20.6. The molecule has 15 nitrogen and oxygen atoms in total. The van der Waals surface area contributed by atoms with Crippen molar-refractivity contribution in [3.63, 3.8) is 0 Å². The van der Waals surface area contributed by atoms with Gasteiger partial charge in [0.05, 0.1) is 11.3 Å². The number of carbonyl (C=O) groups excluding carboxylic acids is 4. The lowest BCUT2D eigenvalue weighted by Crippen LogP contribution is -2.38. The number of nitrogens with two attached hydrogens (primary N) is 1. The molecule has 2 aromatic carbocycles. The summed E-state index contributed by atoms with van der Waals surface area (Å²) in [6, 6.07) is 9.99. The third-order valence-electron chi connectivity index (χ3n) is 5.97. The van der Waals surface area contributed by atoms with Crippen LogP contribution in [0.15, 0.2) is 53.1 Å². The molecule has 0 aliphatic carbocycles. The number of nitrogens with zero attached hydrogens (tertiary/aromatic N) is 3. The van der Waals surface area contributed by atoms with E-state index < -0.39 is 29.7 Å². The average Bonchev–Trinajstić information content (AvgIpc) is 3.34. The molecule has 0 unspecified atom stereocenters. The van der Waals surface area contributed by atoms with Gasteiger partial charge in [-0.25, -0.2) is 14.2 Å². The fourth-order valence-corrected chi connectivity index (χ4v) is 4.21. The number of benzene rings is 2. The molecule has 16 heteroatoms. The maximum Gasteiger partial charge on any atom is 0.335 e. The molecule has 0 saturated heterocycles. The number of fused-ring (bicyclic) bond motifs is 2. The molecule has 5 rings (SSSR count). The molecule has 1 aliphatic heterocycles. The van der Waals surface area contributed by atoms with Gasteiger partial charge in [0.25, 0.3) is 23.5 Å². The third kappa shape index (κ3) is 5.57. The molecule has 3 heterocycles. The van der Waals surface area contributed by atoms with Gasteiger partial charge in [-0.05, 0) is 58.8 Å². The van der Waals surface area contributed by atoms with Crippen molar-refractivity contribution in [1.29, 1.82) is 0 Å². The number of carbonyl (C=O) groups is 5. The first-order valence-electron chi connectivity index (χ1n) is 11.8. The molecule has 4 aromatic rings. The standard InChI is InChI=1S/C25H19N7O8S/c26-20(34)19(12-2-4-13(5-3-12)23(37)38)30-21(35)15-8-16(32-24(29-15)31-40-25(32)41)22(36)27-9-11-1-6-17-14(7-11)28-18(33)10-39-17/h1-8,19H,9-10H2,(H2,26,34)(H,27,36)(H,28,33)(H,30,35)(H,37,38)/t19-/m1/s1. The van der Waals surface area contributed by atoms with Gasteiger partial charge in [-0.3, -0.25) is 19.2 Å². The zero-order valence-electron chi connectivity index (χ0n) is 20.7. The van der Waals surface area contributed by atoms with Crippen LogP contribution in [0.1, 0.15) is 48.5 Å². The van der Waals surface area contributed by atoms with Gasteiger partial charge in [-0.1, -0.05) is 18.2 Å². The van der Waals surface area contributed by atoms with E-state index in [2.05, 4.69) is 26.1 Å². The lowest BCUT2D eigenvalue weighted by molar-refractivity contribution is -0.120. The van der Waals surface area contributed by atoms with E-state index in [1.165, 1.54) is 24.3 Å². The summed E-state index contributed by atoms with van der Waals surface area (Å²) < 4.78 is 11.4. The van der Waals surface area contributed by atoms with Gasteiger partial charge < -0.3 is 36.1 Å². The van der Waals surface area contributed by atoms with Gasteiger partial charge in [-0.2, -0.15) is 0 Å². The molecule has 2 aromatic heterocycles. The second-order valence-corrected chi connectivity index (χ2v) is 9.05. The van der Waals surface area contributed by atoms with E-state index in [1.807, 2.05) is 0 Å². The molecule has 6 N–H and O–H groups in total. The van der Waals surface area contributed by atoms with Crippen molar-refractivity contribution in [2.24, 2.45) is 5.73 Å². The number of hydrogen-bond acceptors (Lipinski definition) is 10. The van der Waals surface area contributed by atoms with Crippen molar-refractivity contribution in [2.45, 2.75) is 12.6 Å². The van der Waals surface area contributed by atoms with Crippen molar-refractivity contribution in [2.75, 3.05) is 11.9 Å². The summed E-state index contributed by atoms with van der Waals surface area (Å²) in [6.07, 6.45) is 0. The molecule has 0 bridgehead atoms. The normalized spacial score (nSPS) is 12.9. The van der Waals surface area contributed by atoms with Gasteiger partial charge in [0.2, 0.25) is 5.91 Å². The highest BCUT2D eigenvalue weighted by atomic mass is 32.1. The van der Waals surface area contributed by atoms with E-state index in [0.29, 0.717) is 17.0 Å². The molecular weight excluding hydrogens is 558 g/mol. The number of carboxylic acid groups (broad SMARTS) is 1. The highest BCUT2D eigenvalue weighted by Crippen LogP contribution is 2.28. The number of amides is 4. The molecule has 4 amide bonds. The van der Waals surface area contributed by atoms with Crippen molar-refractivity contribution < 1.29 is 38.3 Å². The van der Waals surface area contributed by atoms with Gasteiger partial charge >= 0.3 is 10.8 Å². The number of ether oxygens (including phenoxy) is 1. The summed E-state index contributed by atoms with van der Waals surface area (Å²) in [4.78, 5) is 65.1. The Bertz CT molecular complexity index is 1800. The van der Waals surface area contributed by atoms with Crippen LogP contribution in [0, 0.1) is 4.84 Å². The van der Waals surface area contributed by atoms with Crippen LogP contribution in [0.3, 0.4) is 0 Å². The summed E-state index contributed by atoms with van der Waals surface area (Å²) in [6.45, 7) is -0.0599. The maximum absolute atomic E-state index is 13.2. The van der Waals surface area contributed by atoms with Crippen LogP contribution in [-0.2, 0) is 16.1 Å². The molecule has 0 radical (unpaired) electrons. The molecule has 41 heavy (non-hydrogen) atoms. The van der Waals surface area contributed by atoms with Crippen LogP contribution in [0.25, 0.3) is 5.78 Å². The number of carboxylic acids is 1. The number of primary amides is 1. The molecular formula is C25H19N7O8S. The van der Waals surface area contributed by atoms with Gasteiger partial charge in [0, 0.05) is 6.54 Å². The molecule has 0 saturated carbocycles. The molecule has 1 aliphatic rings. The Morgan fingerprint density at radius 3 is 2.59 bits per heavy atom. The van der Waals surface area contributed by atoms with Gasteiger partial charge in [-0.15, -0.1) is 0 Å². The molecule has 0 fully saturated rings. The van der Waals surface area contributed by atoms with E-state index in [-0.39, 0.29) is 52.2 Å². The van der Waals surface area contributed by atoms with Crippen LogP contribution in [0.5, 0.6) is 5.75 Å². The van der Waals surface area contributed by atoms with Crippen molar-refractivity contribution in [1.82, 2.24) is 25.2 Å². The first-order valence-corrected chi connectivity index (χ1v) is 12.2. The van der Waals surface area contributed by atoms with Gasteiger partial charge in [0.1, 0.15) is 23.2 Å². The topological polar surface area (TPSA) is 220 Å². The summed E-state index contributed by atoms with van der Waals surface area (Å²) >= 11 is 5.11. The zero-order chi connectivity index (χ0) is 29.3. The number of aromatic nitrogens is 3. The summed E-state index contributed by atoms with van der Waals surface area (Å²) in [7, 11) is 0. The SMILES string of the molecule is NC(=O)[C@H](NC(=O)c1cc(C(=O)NCc2ccc3c(c2)NC(=O)CO3)n2c(=S)onc2n1)c1ccc(C(=O)O)cc1. The van der Waals surface area contributed by atoms with Crippen LogP contribution in [0.4, 0.5) is 5.69 Å². The van der Waals surface area contributed by atoms with E-state index in [0.717, 1.165) is 10.5 Å². The van der Waals surface area contributed by atoms with E-state index >= 15 is 0 Å². The molecule has 208 valence electrons. The Morgan fingerprint density at radius 2 is 1.88 bits per heavy atom. The minimum Gasteiger partial charge on any atom is -0.482 e. The zero-order valence-corrected chi connectivity index (χ0v) is 21.6. The van der Waals surface area contributed by atoms with Crippen LogP contribution in [0.2, 0.25) is 0 Å². The number of hydrogen-bond donors (Lipinski definition) is 5. The molecule has 0 spiro atoms. The lowest BCUT2D eigenvalue weighted by atomic mass is 10.0. The Kier molecular flexibility index (Phi) is 7.13. The van der Waals surface area contributed by atoms with Gasteiger partial charge in [0.15, 0.2) is 6.61 Å². The Balaban J connectivity index is 1.39. The Hall–Kier alpha value is -5.64. The quantitative estimate of drug-likeness (QED) is 0.186. The van der Waals surface area contributed by atoms with E-state index in [4.69, 9.17) is 32.3 Å². The number of anilines is 1. The van der Waals surface area contributed by atoms with Crippen LogP contribution >= 0.6 is 12.2 Å². The second kappa shape index (κ2) is 10.9. The fourth-order valence-electron chi connectivity index (χ4n) is 3.99. The first-order chi connectivity index (χ1) is 19.6. The van der Waals surface area contributed by atoms with Crippen molar-refractivity contribution in [3.8, 4) is 5.75 Å². The van der Waals surface area contributed by atoms with E-state index in [1.54, 1.807) is 18.2 Å².